The Bertz CT molecular complexity index is 330. The highest BCUT2D eigenvalue weighted by molar-refractivity contribution is 5.78. The van der Waals surface area contributed by atoms with Gasteiger partial charge in [0.25, 0.3) is 0 Å². The molecule has 2 aliphatic rings. The van der Waals surface area contributed by atoms with Gasteiger partial charge in [0.1, 0.15) is 0 Å². The Morgan fingerprint density at radius 3 is 2.25 bits per heavy atom. The van der Waals surface area contributed by atoms with Crippen LogP contribution >= 0.6 is 0 Å². The van der Waals surface area contributed by atoms with Crippen LogP contribution in [0.2, 0.25) is 0 Å². The summed E-state index contributed by atoms with van der Waals surface area (Å²) >= 11 is 0. The third-order valence-corrected chi connectivity index (χ3v) is 4.71. The molecule has 5 heteroatoms. The minimum atomic E-state index is -0.309. The Labute approximate surface area is 122 Å². The minimum Gasteiger partial charge on any atom is -0.348 e. The van der Waals surface area contributed by atoms with Crippen molar-refractivity contribution in [3.8, 4) is 0 Å². The van der Waals surface area contributed by atoms with Gasteiger partial charge < -0.3 is 14.4 Å². The number of nitrogens with zero attached hydrogens (tertiary/aromatic N) is 2. The summed E-state index contributed by atoms with van der Waals surface area (Å²) in [6.45, 7) is 6.01. The second-order valence-corrected chi connectivity index (χ2v) is 6.35. The maximum absolute atomic E-state index is 12.1. The first-order chi connectivity index (χ1) is 9.43. The summed E-state index contributed by atoms with van der Waals surface area (Å²) in [4.78, 5) is 16.1. The number of ether oxygens (including phenoxy) is 2. The molecule has 1 heterocycles. The molecule has 2 fully saturated rings. The molecular formula is C15H28N2O3. The third kappa shape index (κ3) is 3.51. The lowest BCUT2D eigenvalue weighted by Crippen LogP contribution is -2.47. The number of rotatable bonds is 4. The Balaban J connectivity index is 1.79. The molecule has 0 aromatic rings. The van der Waals surface area contributed by atoms with E-state index in [4.69, 9.17) is 9.47 Å². The topological polar surface area (TPSA) is 42.0 Å². The van der Waals surface area contributed by atoms with Crippen molar-refractivity contribution in [1.29, 1.82) is 0 Å². The summed E-state index contributed by atoms with van der Waals surface area (Å²) in [5.41, 5.74) is 0. The Morgan fingerprint density at radius 1 is 1.20 bits per heavy atom. The first kappa shape index (κ1) is 15.7. The second kappa shape index (κ2) is 6.41. The van der Waals surface area contributed by atoms with Crippen LogP contribution in [-0.4, -0.2) is 67.4 Å². The lowest BCUT2D eigenvalue weighted by Gasteiger charge is -2.39. The van der Waals surface area contributed by atoms with Gasteiger partial charge in [0, 0.05) is 32.0 Å². The van der Waals surface area contributed by atoms with Gasteiger partial charge in [-0.3, -0.25) is 9.69 Å². The van der Waals surface area contributed by atoms with E-state index in [9.17, 15) is 4.79 Å². The highest BCUT2D eigenvalue weighted by atomic mass is 16.7. The third-order valence-electron chi connectivity index (χ3n) is 4.71. The zero-order valence-electron chi connectivity index (χ0n) is 13.2. The van der Waals surface area contributed by atoms with Crippen molar-refractivity contribution >= 4 is 5.91 Å². The summed E-state index contributed by atoms with van der Waals surface area (Å²) in [5.74, 6) is -0.119. The standard InChI is InChI=1S/C15H28N2O3/c1-12(2)17(4)14(18)11-16(3)13-5-7-15(8-6-13)19-9-10-20-15/h12-13H,5-11H2,1-4H3. The van der Waals surface area contributed by atoms with Crippen LogP contribution in [-0.2, 0) is 14.3 Å². The molecular weight excluding hydrogens is 256 g/mol. The van der Waals surface area contributed by atoms with Crippen molar-refractivity contribution < 1.29 is 14.3 Å². The molecule has 0 unspecified atom stereocenters. The summed E-state index contributed by atoms with van der Waals surface area (Å²) in [6.07, 6.45) is 3.96. The van der Waals surface area contributed by atoms with Crippen molar-refractivity contribution in [1.82, 2.24) is 9.80 Å². The number of hydrogen-bond donors (Lipinski definition) is 0. The van der Waals surface area contributed by atoms with Crippen LogP contribution in [0.5, 0.6) is 0 Å². The minimum absolute atomic E-state index is 0.191. The van der Waals surface area contributed by atoms with E-state index in [0.717, 1.165) is 38.9 Å². The number of likely N-dealkylation sites (N-methyl/N-ethyl adjacent to an activating group) is 2. The van der Waals surface area contributed by atoms with Crippen molar-refractivity contribution in [3.63, 3.8) is 0 Å². The summed E-state index contributed by atoms with van der Waals surface area (Å²) < 4.78 is 11.5. The molecule has 0 aromatic carbocycles. The molecule has 1 spiro atoms. The summed E-state index contributed by atoms with van der Waals surface area (Å²) in [5, 5.41) is 0. The number of amides is 1. The van der Waals surface area contributed by atoms with Crippen LogP contribution in [0.15, 0.2) is 0 Å². The highest BCUT2D eigenvalue weighted by Crippen LogP contribution is 2.36. The fourth-order valence-electron chi connectivity index (χ4n) is 3.01. The van der Waals surface area contributed by atoms with E-state index in [1.807, 2.05) is 32.8 Å². The van der Waals surface area contributed by atoms with Crippen LogP contribution < -0.4 is 0 Å². The second-order valence-electron chi connectivity index (χ2n) is 6.35. The molecule has 116 valence electrons. The molecule has 20 heavy (non-hydrogen) atoms. The van der Waals surface area contributed by atoms with E-state index < -0.39 is 0 Å². The van der Waals surface area contributed by atoms with Crippen molar-refractivity contribution in [3.05, 3.63) is 0 Å². The van der Waals surface area contributed by atoms with Gasteiger partial charge in [-0.15, -0.1) is 0 Å². The molecule has 5 nitrogen and oxygen atoms in total. The van der Waals surface area contributed by atoms with Gasteiger partial charge >= 0.3 is 0 Å². The first-order valence-electron chi connectivity index (χ1n) is 7.67. The lowest BCUT2D eigenvalue weighted by atomic mass is 9.89. The lowest BCUT2D eigenvalue weighted by molar-refractivity contribution is -0.183. The number of hydrogen-bond acceptors (Lipinski definition) is 4. The smallest absolute Gasteiger partial charge is 0.236 e. The van der Waals surface area contributed by atoms with Crippen molar-refractivity contribution in [2.75, 3.05) is 33.9 Å². The van der Waals surface area contributed by atoms with Gasteiger partial charge in [-0.1, -0.05) is 0 Å². The monoisotopic (exact) mass is 284 g/mol. The Kier molecular flexibility index (Phi) is 5.04. The van der Waals surface area contributed by atoms with Crippen LogP contribution in [0.25, 0.3) is 0 Å². The summed E-state index contributed by atoms with van der Waals surface area (Å²) in [6, 6.07) is 0.712. The van der Waals surface area contributed by atoms with E-state index in [1.54, 1.807) is 0 Å². The van der Waals surface area contributed by atoms with Gasteiger partial charge in [0.05, 0.1) is 19.8 Å². The van der Waals surface area contributed by atoms with Crippen LogP contribution in [0.3, 0.4) is 0 Å². The summed E-state index contributed by atoms with van der Waals surface area (Å²) in [7, 11) is 3.92. The van der Waals surface area contributed by atoms with Gasteiger partial charge in [-0.2, -0.15) is 0 Å². The van der Waals surface area contributed by atoms with E-state index in [-0.39, 0.29) is 17.7 Å². The van der Waals surface area contributed by atoms with Gasteiger partial charge in [0.2, 0.25) is 5.91 Å². The van der Waals surface area contributed by atoms with E-state index >= 15 is 0 Å². The molecule has 1 aliphatic heterocycles. The average Bonchev–Trinajstić information content (AvgIpc) is 2.86. The fraction of sp³-hybridized carbons (Fsp3) is 0.933. The van der Waals surface area contributed by atoms with E-state index in [2.05, 4.69) is 4.90 Å². The largest absolute Gasteiger partial charge is 0.348 e. The maximum atomic E-state index is 12.1. The van der Waals surface area contributed by atoms with Gasteiger partial charge in [0.15, 0.2) is 5.79 Å². The predicted molar refractivity (Wildman–Crippen MR) is 77.4 cm³/mol. The normalized spacial score (nSPS) is 22.9. The zero-order chi connectivity index (χ0) is 14.8. The molecule has 0 atom stereocenters. The molecule has 0 aromatic heterocycles. The van der Waals surface area contributed by atoms with Crippen LogP contribution in [0, 0.1) is 0 Å². The Hall–Kier alpha value is -0.650. The predicted octanol–water partition coefficient (Wildman–Crippen LogP) is 1.47. The van der Waals surface area contributed by atoms with E-state index in [1.165, 1.54) is 0 Å². The number of carbonyl (C=O) groups excluding carboxylic acids is 1. The van der Waals surface area contributed by atoms with Gasteiger partial charge in [-0.25, -0.2) is 0 Å². The zero-order valence-corrected chi connectivity index (χ0v) is 13.2. The molecule has 1 aliphatic carbocycles. The maximum Gasteiger partial charge on any atom is 0.236 e. The average molecular weight is 284 g/mol. The first-order valence-corrected chi connectivity index (χ1v) is 7.67. The molecule has 0 bridgehead atoms. The molecule has 2 rings (SSSR count). The van der Waals surface area contributed by atoms with Crippen molar-refractivity contribution in [2.45, 2.75) is 57.4 Å². The molecule has 1 saturated carbocycles. The number of carbonyl (C=O) groups is 1. The highest BCUT2D eigenvalue weighted by Gasteiger charge is 2.41. The van der Waals surface area contributed by atoms with E-state index in [0.29, 0.717) is 12.6 Å². The SMILES string of the molecule is CC(C)N(C)C(=O)CN(C)C1CCC2(CC1)OCCO2. The van der Waals surface area contributed by atoms with Crippen LogP contribution in [0.4, 0.5) is 0 Å². The Morgan fingerprint density at radius 2 is 1.75 bits per heavy atom. The molecule has 0 radical (unpaired) electrons. The quantitative estimate of drug-likeness (QED) is 0.784. The van der Waals surface area contributed by atoms with Gasteiger partial charge in [-0.05, 0) is 33.7 Å². The van der Waals surface area contributed by atoms with Crippen LogP contribution in [0.1, 0.15) is 39.5 Å². The fourth-order valence-corrected chi connectivity index (χ4v) is 3.01. The molecule has 0 N–H and O–H groups in total. The molecule has 1 amide bonds. The van der Waals surface area contributed by atoms with Crippen molar-refractivity contribution in [2.24, 2.45) is 0 Å². The molecule has 1 saturated heterocycles.